The molecule has 0 aliphatic carbocycles. The smallest absolute Gasteiger partial charge is 0.239 e. The molecule has 0 bridgehead atoms. The highest BCUT2D eigenvalue weighted by atomic mass is 16.2. The van der Waals surface area contributed by atoms with Gasteiger partial charge in [0.1, 0.15) is 5.92 Å². The maximum Gasteiger partial charge on any atom is 0.239 e. The van der Waals surface area contributed by atoms with Crippen LogP contribution in [0.2, 0.25) is 0 Å². The third-order valence-electron chi connectivity index (χ3n) is 6.57. The zero-order valence-corrected chi connectivity index (χ0v) is 17.9. The van der Waals surface area contributed by atoms with E-state index >= 15 is 0 Å². The van der Waals surface area contributed by atoms with Gasteiger partial charge >= 0.3 is 0 Å². The molecule has 2 atom stereocenters. The van der Waals surface area contributed by atoms with E-state index in [1.807, 2.05) is 37.3 Å². The Morgan fingerprint density at radius 3 is 2.30 bits per heavy atom. The first-order valence-corrected chi connectivity index (χ1v) is 11.0. The second-order valence-electron chi connectivity index (χ2n) is 8.57. The number of nitrogens with one attached hydrogen (secondary N) is 1. The van der Waals surface area contributed by atoms with E-state index in [1.165, 1.54) is 5.56 Å². The fourth-order valence-electron chi connectivity index (χ4n) is 4.58. The van der Waals surface area contributed by atoms with Crippen LogP contribution in [0.25, 0.3) is 0 Å². The summed E-state index contributed by atoms with van der Waals surface area (Å²) in [4.78, 5) is 29.9. The molecule has 0 radical (unpaired) electrons. The molecule has 0 saturated carbocycles. The zero-order valence-electron chi connectivity index (χ0n) is 17.9. The summed E-state index contributed by atoms with van der Waals surface area (Å²) in [5.41, 5.74) is 3.37. The van der Waals surface area contributed by atoms with Crippen LogP contribution in [0.1, 0.15) is 43.4 Å². The highest BCUT2D eigenvalue weighted by molar-refractivity contribution is 6.09. The van der Waals surface area contributed by atoms with Crippen molar-refractivity contribution in [2.45, 2.75) is 45.2 Å². The maximum atomic E-state index is 12.8. The van der Waals surface area contributed by atoms with Gasteiger partial charge in [-0.2, -0.15) is 0 Å². The van der Waals surface area contributed by atoms with Crippen LogP contribution in [0.4, 0.5) is 5.69 Å². The third kappa shape index (κ3) is 4.41. The van der Waals surface area contributed by atoms with Crippen LogP contribution in [0.3, 0.4) is 0 Å². The largest absolute Gasteiger partial charge is 0.353 e. The molecule has 5 heteroatoms. The molecule has 2 saturated heterocycles. The van der Waals surface area contributed by atoms with Crippen LogP contribution < -0.4 is 10.2 Å². The molecule has 0 spiro atoms. The van der Waals surface area contributed by atoms with E-state index in [-0.39, 0.29) is 17.9 Å². The molecule has 2 aromatic carbocycles. The van der Waals surface area contributed by atoms with Gasteiger partial charge in [0.2, 0.25) is 11.8 Å². The average molecular weight is 406 g/mol. The van der Waals surface area contributed by atoms with E-state index in [1.54, 1.807) is 4.90 Å². The van der Waals surface area contributed by atoms with Crippen LogP contribution in [0.5, 0.6) is 0 Å². The Morgan fingerprint density at radius 2 is 1.63 bits per heavy atom. The molecule has 0 aromatic heterocycles. The standard InChI is InChI=1S/C25H31N3O2/c1-18-8-10-22(11-9-18)28-17-14-23(25(28)30)24(29)26-21-12-15-27(16-13-21)19(2)20-6-4-3-5-7-20/h3-11,19,21,23H,12-17H2,1-2H3,(H,26,29). The second-order valence-corrected chi connectivity index (χ2v) is 8.57. The number of hydrogen-bond donors (Lipinski definition) is 1. The number of nitrogens with zero attached hydrogens (tertiary/aromatic N) is 2. The lowest BCUT2D eigenvalue weighted by molar-refractivity contribution is -0.132. The fraction of sp³-hybridized carbons (Fsp3) is 0.440. The number of likely N-dealkylation sites (tertiary alicyclic amines) is 1. The normalized spacial score (nSPS) is 21.6. The Hall–Kier alpha value is -2.66. The predicted octanol–water partition coefficient (Wildman–Crippen LogP) is 3.69. The highest BCUT2D eigenvalue weighted by Crippen LogP contribution is 2.27. The van der Waals surface area contributed by atoms with Gasteiger partial charge in [-0.05, 0) is 50.8 Å². The van der Waals surface area contributed by atoms with E-state index in [9.17, 15) is 9.59 Å². The van der Waals surface area contributed by atoms with Crippen LogP contribution in [0.15, 0.2) is 54.6 Å². The van der Waals surface area contributed by atoms with Gasteiger partial charge in [0.25, 0.3) is 0 Å². The molecular formula is C25H31N3O2. The highest BCUT2D eigenvalue weighted by Gasteiger charge is 2.38. The summed E-state index contributed by atoms with van der Waals surface area (Å²) in [6.07, 6.45) is 2.43. The molecule has 2 aromatic rings. The lowest BCUT2D eigenvalue weighted by atomic mass is 9.99. The molecule has 4 rings (SSSR count). The summed E-state index contributed by atoms with van der Waals surface area (Å²) in [6, 6.07) is 19.0. The lowest BCUT2D eigenvalue weighted by Crippen LogP contribution is -2.47. The van der Waals surface area contributed by atoms with Gasteiger partial charge < -0.3 is 10.2 Å². The fourth-order valence-corrected chi connectivity index (χ4v) is 4.58. The Morgan fingerprint density at radius 1 is 0.967 bits per heavy atom. The van der Waals surface area contributed by atoms with Crippen molar-refractivity contribution in [3.8, 4) is 0 Å². The molecule has 2 heterocycles. The van der Waals surface area contributed by atoms with Gasteiger partial charge in [-0.3, -0.25) is 14.5 Å². The van der Waals surface area contributed by atoms with Crippen molar-refractivity contribution in [1.82, 2.24) is 10.2 Å². The molecule has 30 heavy (non-hydrogen) atoms. The van der Waals surface area contributed by atoms with Crippen molar-refractivity contribution in [3.05, 3.63) is 65.7 Å². The molecule has 5 nitrogen and oxygen atoms in total. The van der Waals surface area contributed by atoms with E-state index in [0.29, 0.717) is 19.0 Å². The van der Waals surface area contributed by atoms with E-state index in [4.69, 9.17) is 0 Å². The van der Waals surface area contributed by atoms with E-state index in [2.05, 4.69) is 41.4 Å². The number of carbonyl (C=O) groups is 2. The third-order valence-corrected chi connectivity index (χ3v) is 6.57. The molecule has 2 unspecified atom stereocenters. The molecular weight excluding hydrogens is 374 g/mol. The van der Waals surface area contributed by atoms with Crippen LogP contribution in [-0.4, -0.2) is 42.4 Å². The Kier molecular flexibility index (Phi) is 6.18. The summed E-state index contributed by atoms with van der Waals surface area (Å²) < 4.78 is 0. The average Bonchev–Trinajstić information content (AvgIpc) is 3.16. The predicted molar refractivity (Wildman–Crippen MR) is 119 cm³/mol. The molecule has 2 aliphatic heterocycles. The first kappa shape index (κ1) is 20.6. The van der Waals surface area contributed by atoms with Crippen molar-refractivity contribution in [2.75, 3.05) is 24.5 Å². The Bertz CT molecular complexity index is 873. The van der Waals surface area contributed by atoms with Gasteiger partial charge in [0.15, 0.2) is 0 Å². The Balaban J connectivity index is 1.29. The summed E-state index contributed by atoms with van der Waals surface area (Å²) >= 11 is 0. The molecule has 2 aliphatic rings. The number of hydrogen-bond acceptors (Lipinski definition) is 3. The van der Waals surface area contributed by atoms with Crippen molar-refractivity contribution in [1.29, 1.82) is 0 Å². The van der Waals surface area contributed by atoms with Crippen molar-refractivity contribution in [2.24, 2.45) is 5.92 Å². The minimum atomic E-state index is -0.562. The maximum absolute atomic E-state index is 12.8. The van der Waals surface area contributed by atoms with Gasteiger partial charge in [0.05, 0.1) is 0 Å². The summed E-state index contributed by atoms with van der Waals surface area (Å²) in [6.45, 7) is 6.78. The molecule has 1 N–H and O–H groups in total. The molecule has 2 amide bonds. The van der Waals surface area contributed by atoms with E-state index < -0.39 is 5.92 Å². The minimum absolute atomic E-state index is 0.0773. The van der Waals surface area contributed by atoms with Gasteiger partial charge in [0, 0.05) is 37.4 Å². The number of carbonyl (C=O) groups excluding carboxylic acids is 2. The summed E-state index contributed by atoms with van der Waals surface area (Å²) in [5, 5.41) is 3.16. The van der Waals surface area contributed by atoms with Crippen molar-refractivity contribution >= 4 is 17.5 Å². The van der Waals surface area contributed by atoms with Gasteiger partial charge in [-0.1, -0.05) is 48.0 Å². The number of piperidine rings is 1. The first-order valence-electron chi connectivity index (χ1n) is 11.0. The number of amides is 2. The topological polar surface area (TPSA) is 52.7 Å². The summed E-state index contributed by atoms with van der Waals surface area (Å²) in [5.74, 6) is -0.747. The number of aryl methyl sites for hydroxylation is 1. The van der Waals surface area contributed by atoms with Crippen molar-refractivity contribution in [3.63, 3.8) is 0 Å². The van der Waals surface area contributed by atoms with Gasteiger partial charge in [-0.15, -0.1) is 0 Å². The van der Waals surface area contributed by atoms with Crippen molar-refractivity contribution < 1.29 is 9.59 Å². The lowest BCUT2D eigenvalue weighted by Gasteiger charge is -2.36. The zero-order chi connectivity index (χ0) is 21.1. The SMILES string of the molecule is Cc1ccc(N2CCC(C(=O)NC3CCN(C(C)c4ccccc4)CC3)C2=O)cc1. The van der Waals surface area contributed by atoms with Crippen LogP contribution in [-0.2, 0) is 9.59 Å². The summed E-state index contributed by atoms with van der Waals surface area (Å²) in [7, 11) is 0. The molecule has 158 valence electrons. The van der Waals surface area contributed by atoms with Crippen LogP contribution in [0, 0.1) is 12.8 Å². The number of anilines is 1. The quantitative estimate of drug-likeness (QED) is 0.772. The van der Waals surface area contributed by atoms with E-state index in [0.717, 1.165) is 37.2 Å². The number of benzene rings is 2. The second kappa shape index (κ2) is 9.00. The van der Waals surface area contributed by atoms with Gasteiger partial charge in [-0.25, -0.2) is 0 Å². The number of rotatable bonds is 5. The molecule has 2 fully saturated rings. The Labute approximate surface area is 179 Å². The van der Waals surface area contributed by atoms with Crippen LogP contribution >= 0.6 is 0 Å². The first-order chi connectivity index (χ1) is 14.5. The monoisotopic (exact) mass is 405 g/mol. The minimum Gasteiger partial charge on any atom is -0.353 e.